The number of nitrogens with one attached hydrogen (secondary N) is 1. The van der Waals surface area contributed by atoms with E-state index in [4.69, 9.17) is 4.74 Å². The summed E-state index contributed by atoms with van der Waals surface area (Å²) >= 11 is 2.32. The largest absolute Gasteiger partial charge is 0.381 e. The van der Waals surface area contributed by atoms with Gasteiger partial charge in [0.2, 0.25) is 0 Å². The predicted molar refractivity (Wildman–Crippen MR) is 84.3 cm³/mol. The minimum absolute atomic E-state index is 0.682. The normalized spacial score (nSPS) is 16.7. The summed E-state index contributed by atoms with van der Waals surface area (Å²) in [6.45, 7) is 2.73. The Morgan fingerprint density at radius 1 is 1.26 bits per heavy atom. The molecule has 1 aromatic carbocycles. The zero-order chi connectivity index (χ0) is 13.1. The molecule has 0 spiro atoms. The topological polar surface area (TPSA) is 47.0 Å². The van der Waals surface area contributed by atoms with Gasteiger partial charge in [-0.1, -0.05) is 0 Å². The maximum atomic E-state index is 5.38. The van der Waals surface area contributed by atoms with Gasteiger partial charge >= 0.3 is 0 Å². The average Bonchev–Trinajstić information content (AvgIpc) is 2.46. The number of benzene rings is 1. The standard InChI is InChI=1S/C14H16IN3O/c15-11-1-2-13-12(7-11)14(18-9-17-13)16-8-10-3-5-19-6-4-10/h1-2,7,9-10H,3-6,8H2,(H,16,17,18). The molecule has 19 heavy (non-hydrogen) atoms. The summed E-state index contributed by atoms with van der Waals surface area (Å²) in [6.07, 6.45) is 3.89. The van der Waals surface area contributed by atoms with Crippen LogP contribution in [0.3, 0.4) is 0 Å². The molecular weight excluding hydrogens is 353 g/mol. The summed E-state index contributed by atoms with van der Waals surface area (Å²) in [6, 6.07) is 6.23. The van der Waals surface area contributed by atoms with E-state index in [9.17, 15) is 0 Å². The molecule has 0 radical (unpaired) electrons. The molecule has 4 nitrogen and oxygen atoms in total. The molecule has 100 valence electrons. The fourth-order valence-corrected chi connectivity index (χ4v) is 2.85. The van der Waals surface area contributed by atoms with Gasteiger partial charge in [-0.3, -0.25) is 0 Å². The quantitative estimate of drug-likeness (QED) is 0.845. The number of hydrogen-bond donors (Lipinski definition) is 1. The van der Waals surface area contributed by atoms with Crippen molar-refractivity contribution in [3.63, 3.8) is 0 Å². The van der Waals surface area contributed by atoms with Crippen molar-refractivity contribution in [2.75, 3.05) is 25.1 Å². The molecule has 1 aromatic heterocycles. The second-order valence-corrected chi connectivity index (χ2v) is 6.07. The Morgan fingerprint density at radius 3 is 2.95 bits per heavy atom. The molecule has 0 saturated carbocycles. The van der Waals surface area contributed by atoms with Gasteiger partial charge in [-0.05, 0) is 59.5 Å². The Morgan fingerprint density at radius 2 is 2.11 bits per heavy atom. The molecule has 1 saturated heterocycles. The minimum Gasteiger partial charge on any atom is -0.381 e. The number of aromatic nitrogens is 2. The van der Waals surface area contributed by atoms with Crippen LogP contribution in [-0.4, -0.2) is 29.7 Å². The molecule has 0 atom stereocenters. The van der Waals surface area contributed by atoms with Crippen LogP contribution in [0.2, 0.25) is 0 Å². The molecule has 0 unspecified atom stereocenters. The van der Waals surface area contributed by atoms with E-state index in [2.05, 4.69) is 50.0 Å². The lowest BCUT2D eigenvalue weighted by Crippen LogP contribution is -2.23. The van der Waals surface area contributed by atoms with Crippen LogP contribution in [0.5, 0.6) is 0 Å². The van der Waals surface area contributed by atoms with E-state index < -0.39 is 0 Å². The molecule has 0 aliphatic carbocycles. The lowest BCUT2D eigenvalue weighted by molar-refractivity contribution is 0.0699. The lowest BCUT2D eigenvalue weighted by atomic mass is 10.0. The van der Waals surface area contributed by atoms with Crippen molar-refractivity contribution >= 4 is 39.3 Å². The highest BCUT2D eigenvalue weighted by Gasteiger charge is 2.14. The van der Waals surface area contributed by atoms with Gasteiger partial charge in [-0.25, -0.2) is 9.97 Å². The van der Waals surface area contributed by atoms with E-state index in [0.29, 0.717) is 5.92 Å². The molecule has 1 fully saturated rings. The fourth-order valence-electron chi connectivity index (χ4n) is 2.36. The maximum Gasteiger partial charge on any atom is 0.137 e. The average molecular weight is 369 g/mol. The molecule has 0 amide bonds. The second-order valence-electron chi connectivity index (χ2n) is 4.82. The summed E-state index contributed by atoms with van der Waals surface area (Å²) in [5.41, 5.74) is 0.991. The molecule has 2 aromatic rings. The van der Waals surface area contributed by atoms with Crippen LogP contribution < -0.4 is 5.32 Å². The molecule has 1 aliphatic rings. The fraction of sp³-hybridized carbons (Fsp3) is 0.429. The summed E-state index contributed by atoms with van der Waals surface area (Å²) in [4.78, 5) is 8.68. The van der Waals surface area contributed by atoms with Crippen LogP contribution in [0, 0.1) is 9.49 Å². The third-order valence-corrected chi connectivity index (χ3v) is 4.17. The van der Waals surface area contributed by atoms with Gasteiger partial charge in [0.15, 0.2) is 0 Å². The van der Waals surface area contributed by atoms with Crippen molar-refractivity contribution in [2.45, 2.75) is 12.8 Å². The van der Waals surface area contributed by atoms with E-state index in [1.165, 1.54) is 3.57 Å². The van der Waals surface area contributed by atoms with Crippen LogP contribution in [-0.2, 0) is 4.74 Å². The van der Waals surface area contributed by atoms with Crippen molar-refractivity contribution in [1.82, 2.24) is 9.97 Å². The number of hydrogen-bond acceptors (Lipinski definition) is 4. The zero-order valence-electron chi connectivity index (χ0n) is 10.6. The highest BCUT2D eigenvalue weighted by molar-refractivity contribution is 14.1. The van der Waals surface area contributed by atoms with E-state index in [1.807, 2.05) is 6.07 Å². The Kier molecular flexibility index (Phi) is 4.12. The summed E-state index contributed by atoms with van der Waals surface area (Å²) in [5, 5.41) is 4.57. The number of anilines is 1. The van der Waals surface area contributed by atoms with Gasteiger partial charge in [0, 0.05) is 28.7 Å². The van der Waals surface area contributed by atoms with Crippen molar-refractivity contribution in [3.8, 4) is 0 Å². The summed E-state index contributed by atoms with van der Waals surface area (Å²) in [5.74, 6) is 1.62. The van der Waals surface area contributed by atoms with Crippen LogP contribution in [0.15, 0.2) is 24.5 Å². The first kappa shape index (κ1) is 13.1. The molecule has 0 bridgehead atoms. The van der Waals surface area contributed by atoms with E-state index in [-0.39, 0.29) is 0 Å². The maximum absolute atomic E-state index is 5.38. The minimum atomic E-state index is 0.682. The number of fused-ring (bicyclic) bond motifs is 1. The second kappa shape index (κ2) is 6.00. The first-order valence-corrected chi connectivity index (χ1v) is 7.63. The van der Waals surface area contributed by atoms with Crippen molar-refractivity contribution in [2.24, 2.45) is 5.92 Å². The van der Waals surface area contributed by atoms with E-state index in [0.717, 1.165) is 49.3 Å². The van der Waals surface area contributed by atoms with E-state index >= 15 is 0 Å². The Hall–Kier alpha value is -0.950. The molecule has 5 heteroatoms. The van der Waals surface area contributed by atoms with Crippen molar-refractivity contribution in [1.29, 1.82) is 0 Å². The Labute approximate surface area is 126 Å². The Bertz CT molecular complexity index is 570. The molecule has 3 rings (SSSR count). The first-order chi connectivity index (χ1) is 9.33. The zero-order valence-corrected chi connectivity index (χ0v) is 12.8. The molecule has 1 N–H and O–H groups in total. The van der Waals surface area contributed by atoms with Crippen LogP contribution in [0.1, 0.15) is 12.8 Å². The van der Waals surface area contributed by atoms with Gasteiger partial charge in [0.25, 0.3) is 0 Å². The Balaban J connectivity index is 1.78. The van der Waals surface area contributed by atoms with Crippen molar-refractivity contribution in [3.05, 3.63) is 28.1 Å². The number of halogens is 1. The van der Waals surface area contributed by atoms with Gasteiger partial charge < -0.3 is 10.1 Å². The van der Waals surface area contributed by atoms with Crippen LogP contribution >= 0.6 is 22.6 Å². The third kappa shape index (κ3) is 3.14. The highest BCUT2D eigenvalue weighted by atomic mass is 127. The smallest absolute Gasteiger partial charge is 0.137 e. The van der Waals surface area contributed by atoms with Gasteiger partial charge in [0.1, 0.15) is 12.1 Å². The SMILES string of the molecule is Ic1ccc2ncnc(NCC3CCOCC3)c2c1. The number of ether oxygens (including phenoxy) is 1. The predicted octanol–water partition coefficient (Wildman–Crippen LogP) is 3.07. The number of rotatable bonds is 3. The highest BCUT2D eigenvalue weighted by Crippen LogP contribution is 2.22. The monoisotopic (exact) mass is 369 g/mol. The molecule has 2 heterocycles. The van der Waals surface area contributed by atoms with Crippen molar-refractivity contribution < 1.29 is 4.74 Å². The summed E-state index contributed by atoms with van der Waals surface area (Å²) in [7, 11) is 0. The van der Waals surface area contributed by atoms with Gasteiger partial charge in [-0.2, -0.15) is 0 Å². The lowest BCUT2D eigenvalue weighted by Gasteiger charge is -2.22. The number of nitrogens with zero attached hydrogens (tertiary/aromatic N) is 2. The third-order valence-electron chi connectivity index (χ3n) is 3.50. The molecular formula is C14H16IN3O. The van der Waals surface area contributed by atoms with E-state index in [1.54, 1.807) is 6.33 Å². The van der Waals surface area contributed by atoms with Gasteiger partial charge in [0.05, 0.1) is 5.52 Å². The van der Waals surface area contributed by atoms with Crippen LogP contribution in [0.25, 0.3) is 10.9 Å². The summed E-state index contributed by atoms with van der Waals surface area (Å²) < 4.78 is 6.59. The first-order valence-electron chi connectivity index (χ1n) is 6.55. The van der Waals surface area contributed by atoms with Gasteiger partial charge in [-0.15, -0.1) is 0 Å². The van der Waals surface area contributed by atoms with Crippen LogP contribution in [0.4, 0.5) is 5.82 Å². The molecule has 1 aliphatic heterocycles.